The molecule has 0 aromatic heterocycles. The van der Waals surface area contributed by atoms with Gasteiger partial charge in [0.05, 0.1) is 21.4 Å². The second kappa shape index (κ2) is 5.30. The quantitative estimate of drug-likeness (QED) is 0.723. The molecule has 1 heterocycles. The molecular weight excluding hydrogens is 272 g/mol. The minimum atomic E-state index is -1.06. The third-order valence-electron chi connectivity index (χ3n) is 4.28. The molecule has 4 nitrogen and oxygen atoms in total. The van der Waals surface area contributed by atoms with Gasteiger partial charge in [-0.3, -0.25) is 14.9 Å². The Kier molecular flexibility index (Phi) is 3.65. The molecule has 1 fully saturated rings. The van der Waals surface area contributed by atoms with Crippen molar-refractivity contribution in [2.75, 3.05) is 0 Å². The molecule has 5 heteroatoms. The van der Waals surface area contributed by atoms with Crippen molar-refractivity contribution in [2.45, 2.75) is 49.7 Å². The van der Waals surface area contributed by atoms with Crippen LogP contribution in [0.4, 0.5) is 5.69 Å². The molecule has 1 aromatic carbocycles. The first-order valence-electron chi connectivity index (χ1n) is 7.12. The normalized spacial score (nSPS) is 28.9. The van der Waals surface area contributed by atoms with Crippen molar-refractivity contribution < 1.29 is 9.42 Å². The van der Waals surface area contributed by atoms with Crippen LogP contribution in [0.5, 0.6) is 0 Å². The van der Waals surface area contributed by atoms with Crippen LogP contribution in [0.2, 0.25) is 0 Å². The Morgan fingerprint density at radius 3 is 2.80 bits per heavy atom. The number of hydrogen-bond acceptors (Lipinski definition) is 4. The van der Waals surface area contributed by atoms with Crippen molar-refractivity contribution in [1.29, 1.82) is 0 Å². The minimum Gasteiger partial charge on any atom is -0.290 e. The smallest absolute Gasteiger partial charge is 0.130 e. The fourth-order valence-corrected chi connectivity index (χ4v) is 5.35. The fraction of sp³-hybridized carbons (Fsp3) is 0.533. The SMILES string of the molecule is Cc1cc(C)c2c(c1)N=C(NO)C1CCCCC1S2=O. The largest absolute Gasteiger partial charge is 0.290 e. The monoisotopic (exact) mass is 292 g/mol. The highest BCUT2D eigenvalue weighted by molar-refractivity contribution is 7.86. The van der Waals surface area contributed by atoms with E-state index in [0.717, 1.165) is 47.4 Å². The molecule has 0 amide bonds. The Balaban J connectivity index is 2.20. The zero-order valence-corrected chi connectivity index (χ0v) is 12.7. The van der Waals surface area contributed by atoms with Crippen LogP contribution in [0.3, 0.4) is 0 Å². The van der Waals surface area contributed by atoms with E-state index >= 15 is 0 Å². The lowest BCUT2D eigenvalue weighted by Gasteiger charge is -2.29. The molecule has 1 aliphatic heterocycles. The van der Waals surface area contributed by atoms with Gasteiger partial charge in [-0.05, 0) is 43.9 Å². The van der Waals surface area contributed by atoms with Crippen molar-refractivity contribution >= 4 is 22.3 Å². The first-order chi connectivity index (χ1) is 9.61. The number of hydroxylamine groups is 1. The predicted octanol–water partition coefficient (Wildman–Crippen LogP) is 2.99. The lowest BCUT2D eigenvalue weighted by Crippen LogP contribution is -2.39. The summed E-state index contributed by atoms with van der Waals surface area (Å²) >= 11 is 0. The van der Waals surface area contributed by atoms with E-state index < -0.39 is 10.8 Å². The lowest BCUT2D eigenvalue weighted by atomic mass is 9.88. The lowest BCUT2D eigenvalue weighted by molar-refractivity contribution is 0.223. The number of fused-ring (bicyclic) bond motifs is 2. The maximum atomic E-state index is 13.0. The summed E-state index contributed by atoms with van der Waals surface area (Å²) in [5, 5.41) is 9.49. The third kappa shape index (κ3) is 2.19. The third-order valence-corrected chi connectivity index (χ3v) is 6.33. The summed E-state index contributed by atoms with van der Waals surface area (Å²) in [6.45, 7) is 4.00. The number of aliphatic imine (C=N–C) groups is 1. The van der Waals surface area contributed by atoms with E-state index in [0.29, 0.717) is 5.84 Å². The molecule has 0 spiro atoms. The van der Waals surface area contributed by atoms with E-state index in [2.05, 4.69) is 16.5 Å². The van der Waals surface area contributed by atoms with Crippen LogP contribution in [-0.4, -0.2) is 20.5 Å². The summed E-state index contributed by atoms with van der Waals surface area (Å²) in [4.78, 5) is 5.42. The molecule has 1 aliphatic carbocycles. The van der Waals surface area contributed by atoms with Gasteiger partial charge in [-0.25, -0.2) is 4.99 Å². The maximum Gasteiger partial charge on any atom is 0.130 e. The topological polar surface area (TPSA) is 61.7 Å². The molecule has 1 aromatic rings. The molecule has 3 unspecified atom stereocenters. The molecule has 2 aliphatic rings. The molecule has 3 rings (SSSR count). The Morgan fingerprint density at radius 1 is 1.30 bits per heavy atom. The van der Waals surface area contributed by atoms with Gasteiger partial charge in [0.15, 0.2) is 0 Å². The number of benzene rings is 1. The number of amidine groups is 1. The fourth-order valence-electron chi connectivity index (χ4n) is 3.41. The number of nitrogens with one attached hydrogen (secondary N) is 1. The Bertz CT molecular complexity index is 598. The highest BCUT2D eigenvalue weighted by atomic mass is 32.2. The molecule has 1 saturated carbocycles. The van der Waals surface area contributed by atoms with Crippen molar-refractivity contribution in [3.05, 3.63) is 23.3 Å². The zero-order valence-electron chi connectivity index (χ0n) is 11.8. The first-order valence-corrected chi connectivity index (χ1v) is 8.33. The number of rotatable bonds is 0. The Morgan fingerprint density at radius 2 is 2.05 bits per heavy atom. The van der Waals surface area contributed by atoms with Gasteiger partial charge >= 0.3 is 0 Å². The number of aryl methyl sites for hydroxylation is 2. The summed E-state index contributed by atoms with van der Waals surface area (Å²) in [7, 11) is -1.06. The van der Waals surface area contributed by atoms with Gasteiger partial charge in [-0.2, -0.15) is 0 Å². The maximum absolute atomic E-state index is 13.0. The van der Waals surface area contributed by atoms with E-state index in [1.165, 1.54) is 0 Å². The van der Waals surface area contributed by atoms with Gasteiger partial charge in [0.2, 0.25) is 0 Å². The molecule has 2 N–H and O–H groups in total. The van der Waals surface area contributed by atoms with Crippen LogP contribution in [0, 0.1) is 19.8 Å². The van der Waals surface area contributed by atoms with Crippen molar-refractivity contribution in [1.82, 2.24) is 5.48 Å². The Labute approximate surface area is 121 Å². The predicted molar refractivity (Wildman–Crippen MR) is 80.1 cm³/mol. The van der Waals surface area contributed by atoms with Crippen LogP contribution in [0.15, 0.2) is 22.0 Å². The summed E-state index contributed by atoms with van der Waals surface area (Å²) in [6.07, 6.45) is 4.08. The average molecular weight is 292 g/mol. The average Bonchev–Trinajstić information content (AvgIpc) is 2.54. The summed E-state index contributed by atoms with van der Waals surface area (Å²) < 4.78 is 13.0. The van der Waals surface area contributed by atoms with Crippen molar-refractivity contribution in [2.24, 2.45) is 10.9 Å². The molecule has 20 heavy (non-hydrogen) atoms. The van der Waals surface area contributed by atoms with Gasteiger partial charge in [-0.15, -0.1) is 0 Å². The van der Waals surface area contributed by atoms with Crippen LogP contribution in [-0.2, 0) is 10.8 Å². The van der Waals surface area contributed by atoms with Crippen molar-refractivity contribution in [3.8, 4) is 0 Å². The molecule has 0 saturated heterocycles. The number of hydrogen-bond donors (Lipinski definition) is 2. The van der Waals surface area contributed by atoms with Gasteiger partial charge in [0.25, 0.3) is 0 Å². The summed E-state index contributed by atoms with van der Waals surface area (Å²) in [5.74, 6) is 0.647. The van der Waals surface area contributed by atoms with E-state index in [1.807, 2.05) is 19.9 Å². The standard InChI is InChI=1S/C15H20N2O2S/c1-9-7-10(2)14-12(8-9)16-15(17-18)11-5-3-4-6-13(11)20(14)19/h7-8,11,13,18H,3-6H2,1-2H3,(H,16,17). The minimum absolute atomic E-state index is 0.0600. The van der Waals surface area contributed by atoms with Crippen LogP contribution in [0.25, 0.3) is 0 Å². The van der Waals surface area contributed by atoms with Gasteiger partial charge < -0.3 is 0 Å². The zero-order chi connectivity index (χ0) is 14.3. The first kappa shape index (κ1) is 13.8. The second-order valence-corrected chi connectivity index (χ2v) is 7.37. The van der Waals surface area contributed by atoms with Gasteiger partial charge in [0.1, 0.15) is 5.84 Å². The molecule has 0 bridgehead atoms. The summed E-state index contributed by atoms with van der Waals surface area (Å²) in [6, 6.07) is 4.01. The van der Waals surface area contributed by atoms with E-state index in [-0.39, 0.29) is 11.2 Å². The second-order valence-electron chi connectivity index (χ2n) is 5.77. The Hall–Kier alpha value is -1.20. The van der Waals surface area contributed by atoms with E-state index in [1.54, 1.807) is 0 Å². The highest BCUT2D eigenvalue weighted by Gasteiger charge is 2.37. The van der Waals surface area contributed by atoms with Crippen molar-refractivity contribution in [3.63, 3.8) is 0 Å². The summed E-state index contributed by atoms with van der Waals surface area (Å²) in [5.41, 5.74) is 5.14. The van der Waals surface area contributed by atoms with E-state index in [9.17, 15) is 9.42 Å². The number of nitrogens with zero attached hydrogens (tertiary/aromatic N) is 1. The molecule has 3 atom stereocenters. The van der Waals surface area contributed by atoms with Crippen LogP contribution >= 0.6 is 0 Å². The molecule has 0 radical (unpaired) electrons. The van der Waals surface area contributed by atoms with Gasteiger partial charge in [0, 0.05) is 11.2 Å². The van der Waals surface area contributed by atoms with Gasteiger partial charge in [-0.1, -0.05) is 18.9 Å². The van der Waals surface area contributed by atoms with E-state index in [4.69, 9.17) is 0 Å². The van der Waals surface area contributed by atoms with Crippen LogP contribution < -0.4 is 5.48 Å². The molecular formula is C15H20N2O2S. The highest BCUT2D eigenvalue weighted by Crippen LogP contribution is 2.39. The van der Waals surface area contributed by atoms with Crippen LogP contribution in [0.1, 0.15) is 36.8 Å². The molecule has 108 valence electrons.